The molecule has 0 bridgehead atoms. The van der Waals surface area contributed by atoms with Crippen molar-refractivity contribution in [2.75, 3.05) is 6.54 Å². The molecule has 0 fully saturated rings. The Hall–Kier alpha value is -1.92. The van der Waals surface area contributed by atoms with E-state index in [-0.39, 0.29) is 0 Å². The van der Waals surface area contributed by atoms with E-state index in [0.29, 0.717) is 6.54 Å². The van der Waals surface area contributed by atoms with Crippen molar-refractivity contribution in [2.45, 2.75) is 24.4 Å². The molecule has 2 N–H and O–H groups in total. The summed E-state index contributed by atoms with van der Waals surface area (Å²) in [6, 6.07) is 10.4. The second kappa shape index (κ2) is 6.24. The molecule has 0 saturated carbocycles. The number of nitrogens with two attached hydrogens (primary N) is 1. The van der Waals surface area contributed by atoms with Gasteiger partial charge in [0, 0.05) is 30.4 Å². The van der Waals surface area contributed by atoms with Crippen molar-refractivity contribution in [1.82, 2.24) is 19.7 Å². The largest absolute Gasteiger partial charge is 0.329 e. The quantitative estimate of drug-likeness (QED) is 0.733. The third kappa shape index (κ3) is 3.06. The van der Waals surface area contributed by atoms with Crippen molar-refractivity contribution in [2.24, 2.45) is 5.73 Å². The Balaban J connectivity index is 1.77. The summed E-state index contributed by atoms with van der Waals surface area (Å²) in [5.41, 5.74) is 7.91. The predicted molar refractivity (Wildman–Crippen MR) is 85.1 cm³/mol. The van der Waals surface area contributed by atoms with Crippen LogP contribution in [0.25, 0.3) is 10.9 Å². The fourth-order valence-electron chi connectivity index (χ4n) is 2.22. The fraction of sp³-hybridized carbons (Fsp3) is 0.267. The van der Waals surface area contributed by atoms with Gasteiger partial charge in [0.05, 0.1) is 5.52 Å². The number of rotatable bonds is 5. The van der Waals surface area contributed by atoms with Crippen molar-refractivity contribution in [3.63, 3.8) is 0 Å². The summed E-state index contributed by atoms with van der Waals surface area (Å²) < 4.78 is 2.06. The zero-order chi connectivity index (χ0) is 14.7. The maximum atomic E-state index is 5.63. The lowest BCUT2D eigenvalue weighted by Crippen LogP contribution is -2.12. The highest BCUT2D eigenvalue weighted by Crippen LogP contribution is 2.23. The van der Waals surface area contributed by atoms with Crippen molar-refractivity contribution >= 4 is 22.7 Å². The molecule has 0 amide bonds. The minimum absolute atomic E-state index is 0.591. The van der Waals surface area contributed by atoms with Crippen molar-refractivity contribution in [3.05, 3.63) is 47.9 Å². The lowest BCUT2D eigenvalue weighted by atomic mass is 10.1. The predicted octanol–water partition coefficient (Wildman–Crippen LogP) is 2.39. The van der Waals surface area contributed by atoms with Gasteiger partial charge in [0.2, 0.25) is 0 Å². The van der Waals surface area contributed by atoms with E-state index in [9.17, 15) is 0 Å². The molecule has 0 atom stereocenters. The van der Waals surface area contributed by atoms with Gasteiger partial charge in [0.1, 0.15) is 5.82 Å². The van der Waals surface area contributed by atoms with Gasteiger partial charge in [-0.3, -0.25) is 4.98 Å². The molecule has 3 aromatic rings. The first-order valence-corrected chi connectivity index (χ1v) is 7.83. The molecule has 0 unspecified atom stereocenters. The number of aryl methyl sites for hydroxylation is 1. The van der Waals surface area contributed by atoms with Crippen molar-refractivity contribution in [1.29, 1.82) is 0 Å². The van der Waals surface area contributed by atoms with Crippen LogP contribution in [0.5, 0.6) is 0 Å². The van der Waals surface area contributed by atoms with E-state index in [4.69, 9.17) is 5.73 Å². The normalized spacial score (nSPS) is 11.1. The molecule has 0 spiro atoms. The molecule has 2 heterocycles. The summed E-state index contributed by atoms with van der Waals surface area (Å²) in [7, 11) is 0. The average Bonchev–Trinajstić information content (AvgIpc) is 2.86. The Morgan fingerprint density at radius 1 is 1.24 bits per heavy atom. The molecular weight excluding hydrogens is 282 g/mol. The summed E-state index contributed by atoms with van der Waals surface area (Å²) >= 11 is 1.68. The summed E-state index contributed by atoms with van der Waals surface area (Å²) in [4.78, 5) is 4.34. The summed E-state index contributed by atoms with van der Waals surface area (Å²) in [5, 5.41) is 10.4. The maximum absolute atomic E-state index is 5.63. The van der Waals surface area contributed by atoms with E-state index in [1.54, 1.807) is 11.8 Å². The highest BCUT2D eigenvalue weighted by molar-refractivity contribution is 7.98. The molecular formula is C15H17N5S. The number of hydrogen-bond donors (Lipinski definition) is 1. The van der Waals surface area contributed by atoms with Crippen LogP contribution in [0.15, 0.2) is 41.7 Å². The first-order valence-electron chi connectivity index (χ1n) is 6.84. The molecule has 0 radical (unpaired) electrons. The SMILES string of the molecule is Cc1nnc(SCc2ccc3ncccc3c2)n1CCN. The number of fused-ring (bicyclic) bond motifs is 1. The van der Waals surface area contributed by atoms with Gasteiger partial charge in [-0.1, -0.05) is 23.9 Å². The Morgan fingerprint density at radius 3 is 3.00 bits per heavy atom. The smallest absolute Gasteiger partial charge is 0.191 e. The van der Waals surface area contributed by atoms with Crippen LogP contribution in [0, 0.1) is 6.92 Å². The Bertz CT molecular complexity index is 753. The van der Waals surface area contributed by atoms with Gasteiger partial charge < -0.3 is 10.3 Å². The van der Waals surface area contributed by atoms with Gasteiger partial charge >= 0.3 is 0 Å². The molecule has 21 heavy (non-hydrogen) atoms. The maximum Gasteiger partial charge on any atom is 0.191 e. The molecule has 0 aliphatic carbocycles. The average molecular weight is 299 g/mol. The number of nitrogens with zero attached hydrogens (tertiary/aromatic N) is 4. The van der Waals surface area contributed by atoms with E-state index < -0.39 is 0 Å². The highest BCUT2D eigenvalue weighted by Gasteiger charge is 2.09. The highest BCUT2D eigenvalue weighted by atomic mass is 32.2. The third-order valence-corrected chi connectivity index (χ3v) is 4.33. The third-order valence-electron chi connectivity index (χ3n) is 3.29. The van der Waals surface area contributed by atoms with Crippen LogP contribution in [-0.2, 0) is 12.3 Å². The number of hydrogen-bond acceptors (Lipinski definition) is 5. The Labute approximate surface area is 127 Å². The first-order chi connectivity index (χ1) is 10.3. The van der Waals surface area contributed by atoms with E-state index in [2.05, 4.69) is 44.0 Å². The van der Waals surface area contributed by atoms with Gasteiger partial charge in [0.15, 0.2) is 5.16 Å². The van der Waals surface area contributed by atoms with Crippen LogP contribution in [0.1, 0.15) is 11.4 Å². The second-order valence-corrected chi connectivity index (χ2v) is 5.73. The first kappa shape index (κ1) is 14.0. The molecule has 5 nitrogen and oxygen atoms in total. The van der Waals surface area contributed by atoms with Crippen molar-refractivity contribution in [3.8, 4) is 0 Å². The van der Waals surface area contributed by atoms with Crippen molar-refractivity contribution < 1.29 is 0 Å². The lowest BCUT2D eigenvalue weighted by molar-refractivity contribution is 0.627. The van der Waals surface area contributed by atoms with E-state index in [1.165, 1.54) is 5.56 Å². The minimum Gasteiger partial charge on any atom is -0.329 e. The number of benzene rings is 1. The Kier molecular flexibility index (Phi) is 4.17. The van der Waals surface area contributed by atoms with Crippen LogP contribution >= 0.6 is 11.8 Å². The zero-order valence-electron chi connectivity index (χ0n) is 11.9. The van der Waals surface area contributed by atoms with E-state index >= 15 is 0 Å². The van der Waals surface area contributed by atoms with Gasteiger partial charge in [-0.25, -0.2) is 0 Å². The van der Waals surface area contributed by atoms with Gasteiger partial charge in [0.25, 0.3) is 0 Å². The number of thioether (sulfide) groups is 1. The van der Waals surface area contributed by atoms with Gasteiger partial charge in [-0.2, -0.15) is 0 Å². The molecule has 0 saturated heterocycles. The number of aromatic nitrogens is 4. The minimum atomic E-state index is 0.591. The molecule has 2 aromatic heterocycles. The zero-order valence-corrected chi connectivity index (χ0v) is 12.7. The molecule has 1 aromatic carbocycles. The van der Waals surface area contributed by atoms with Crippen LogP contribution in [0.4, 0.5) is 0 Å². The van der Waals surface area contributed by atoms with Gasteiger partial charge in [-0.15, -0.1) is 10.2 Å². The lowest BCUT2D eigenvalue weighted by Gasteiger charge is -2.07. The Morgan fingerprint density at radius 2 is 2.14 bits per heavy atom. The van der Waals surface area contributed by atoms with E-state index in [0.717, 1.165) is 34.2 Å². The molecule has 0 aliphatic rings. The van der Waals surface area contributed by atoms with Crippen LogP contribution < -0.4 is 5.73 Å². The second-order valence-electron chi connectivity index (χ2n) is 4.79. The molecule has 0 aliphatic heterocycles. The monoisotopic (exact) mass is 299 g/mol. The summed E-state index contributed by atoms with van der Waals surface area (Å²) in [6.45, 7) is 3.30. The van der Waals surface area contributed by atoms with E-state index in [1.807, 2.05) is 19.2 Å². The summed E-state index contributed by atoms with van der Waals surface area (Å²) in [5.74, 6) is 1.76. The topological polar surface area (TPSA) is 69.6 Å². The van der Waals surface area contributed by atoms with Gasteiger partial charge in [-0.05, 0) is 30.7 Å². The summed E-state index contributed by atoms with van der Waals surface area (Å²) in [6.07, 6.45) is 1.81. The fourth-order valence-corrected chi connectivity index (χ4v) is 3.17. The standard InChI is InChI=1S/C15H17N5S/c1-11-18-19-15(20(11)8-6-16)21-10-12-4-5-14-13(9-12)3-2-7-17-14/h2-5,7,9H,6,8,10,16H2,1H3. The van der Waals surface area contributed by atoms with Crippen LogP contribution in [0.3, 0.4) is 0 Å². The number of pyridine rings is 1. The molecule has 6 heteroatoms. The molecule has 3 rings (SSSR count). The molecule has 108 valence electrons. The van der Waals surface area contributed by atoms with Crippen LogP contribution in [0.2, 0.25) is 0 Å². The van der Waals surface area contributed by atoms with Crippen LogP contribution in [-0.4, -0.2) is 26.3 Å².